The number of guanidine groups is 1. The lowest BCUT2D eigenvalue weighted by atomic mass is 10.2. The molecule has 0 radical (unpaired) electrons. The van der Waals surface area contributed by atoms with E-state index < -0.39 is 0 Å². The quantitative estimate of drug-likeness (QED) is 0.371. The monoisotopic (exact) mass is 335 g/mol. The summed E-state index contributed by atoms with van der Waals surface area (Å²) in [4.78, 5) is 4.23. The van der Waals surface area contributed by atoms with Crippen LogP contribution in [0.25, 0.3) is 0 Å². The van der Waals surface area contributed by atoms with Crippen molar-refractivity contribution in [3.8, 4) is 0 Å². The van der Waals surface area contributed by atoms with Gasteiger partial charge in [-0.05, 0) is 31.7 Å². The van der Waals surface area contributed by atoms with Gasteiger partial charge in [-0.3, -0.25) is 4.99 Å². The van der Waals surface area contributed by atoms with Crippen LogP contribution in [0.5, 0.6) is 0 Å². The number of nitrogens with one attached hydrogen (secondary N) is 2. The molecule has 5 heteroatoms. The normalized spacial score (nSPS) is 13.1. The fourth-order valence-electron chi connectivity index (χ4n) is 2.10. The molecule has 0 spiro atoms. The standard InChI is InChI=1S/C19H33N3O2/c1-16(2)24-12-8-11-21-19(20-4)22-13-17(3)14-23-15-18-9-6-5-7-10-18/h5-7,9-10,16-17H,8,11-15H2,1-4H3,(H2,20,21,22). The van der Waals surface area contributed by atoms with E-state index in [1.807, 2.05) is 18.2 Å². The first-order valence-corrected chi connectivity index (χ1v) is 8.79. The van der Waals surface area contributed by atoms with Crippen molar-refractivity contribution in [2.45, 2.75) is 39.9 Å². The van der Waals surface area contributed by atoms with Crippen LogP contribution >= 0.6 is 0 Å². The maximum Gasteiger partial charge on any atom is 0.190 e. The van der Waals surface area contributed by atoms with E-state index in [0.29, 0.717) is 18.6 Å². The average Bonchev–Trinajstić information content (AvgIpc) is 2.58. The summed E-state index contributed by atoms with van der Waals surface area (Å²) in [7, 11) is 1.79. The largest absolute Gasteiger partial charge is 0.379 e. The SMILES string of the molecule is CN=C(NCCCOC(C)C)NCC(C)COCc1ccccc1. The van der Waals surface area contributed by atoms with Crippen LogP contribution < -0.4 is 10.6 Å². The smallest absolute Gasteiger partial charge is 0.190 e. The fraction of sp³-hybridized carbons (Fsp3) is 0.632. The lowest BCUT2D eigenvalue weighted by molar-refractivity contribution is 0.0776. The van der Waals surface area contributed by atoms with E-state index in [1.54, 1.807) is 7.05 Å². The highest BCUT2D eigenvalue weighted by molar-refractivity contribution is 5.79. The van der Waals surface area contributed by atoms with Gasteiger partial charge >= 0.3 is 0 Å². The molecular formula is C19H33N3O2. The molecule has 1 atom stereocenters. The molecule has 0 aliphatic carbocycles. The summed E-state index contributed by atoms with van der Waals surface area (Å²) < 4.78 is 11.3. The number of hydrogen-bond donors (Lipinski definition) is 2. The number of hydrogen-bond acceptors (Lipinski definition) is 3. The number of nitrogens with zero attached hydrogens (tertiary/aromatic N) is 1. The summed E-state index contributed by atoms with van der Waals surface area (Å²) in [6.45, 7) is 10.1. The number of aliphatic imine (C=N–C) groups is 1. The molecule has 0 bridgehead atoms. The third kappa shape index (κ3) is 10.2. The Labute approximate surface area is 146 Å². The van der Waals surface area contributed by atoms with E-state index >= 15 is 0 Å². The van der Waals surface area contributed by atoms with Gasteiger partial charge in [0.2, 0.25) is 0 Å². The average molecular weight is 335 g/mol. The second kappa shape index (κ2) is 12.8. The Kier molecular flexibility index (Phi) is 10.9. The Morgan fingerprint density at radius 2 is 1.88 bits per heavy atom. The van der Waals surface area contributed by atoms with Crippen LogP contribution in [0.15, 0.2) is 35.3 Å². The second-order valence-corrected chi connectivity index (χ2v) is 6.26. The molecule has 5 nitrogen and oxygen atoms in total. The van der Waals surface area contributed by atoms with E-state index in [1.165, 1.54) is 5.56 Å². The zero-order valence-electron chi connectivity index (χ0n) is 15.5. The van der Waals surface area contributed by atoms with Crippen molar-refractivity contribution in [1.82, 2.24) is 10.6 Å². The zero-order valence-corrected chi connectivity index (χ0v) is 15.5. The number of benzene rings is 1. The highest BCUT2D eigenvalue weighted by Gasteiger charge is 2.04. The molecule has 1 rings (SSSR count). The van der Waals surface area contributed by atoms with Gasteiger partial charge in [0.25, 0.3) is 0 Å². The van der Waals surface area contributed by atoms with Gasteiger partial charge < -0.3 is 20.1 Å². The van der Waals surface area contributed by atoms with E-state index in [0.717, 1.165) is 38.7 Å². The lowest BCUT2D eigenvalue weighted by Crippen LogP contribution is -2.40. The van der Waals surface area contributed by atoms with E-state index in [2.05, 4.69) is 48.5 Å². The highest BCUT2D eigenvalue weighted by atomic mass is 16.5. The topological polar surface area (TPSA) is 54.9 Å². The maximum absolute atomic E-state index is 5.77. The molecule has 0 amide bonds. The molecule has 24 heavy (non-hydrogen) atoms. The van der Waals surface area contributed by atoms with Crippen LogP contribution in [0.1, 0.15) is 32.8 Å². The van der Waals surface area contributed by atoms with Crippen LogP contribution in [-0.2, 0) is 16.1 Å². The van der Waals surface area contributed by atoms with Gasteiger partial charge in [-0.1, -0.05) is 37.3 Å². The van der Waals surface area contributed by atoms with Crippen LogP contribution in [-0.4, -0.2) is 45.4 Å². The second-order valence-electron chi connectivity index (χ2n) is 6.26. The number of rotatable bonds is 11. The molecule has 0 saturated carbocycles. The predicted octanol–water partition coefficient (Wildman–Crippen LogP) is 2.82. The van der Waals surface area contributed by atoms with Gasteiger partial charge in [0.05, 0.1) is 19.3 Å². The molecule has 0 aliphatic rings. The zero-order chi connectivity index (χ0) is 17.6. The van der Waals surface area contributed by atoms with E-state index in [4.69, 9.17) is 9.47 Å². The van der Waals surface area contributed by atoms with Crippen LogP contribution in [0.2, 0.25) is 0 Å². The molecule has 0 heterocycles. The Morgan fingerprint density at radius 1 is 1.12 bits per heavy atom. The molecule has 0 saturated heterocycles. The van der Waals surface area contributed by atoms with E-state index in [-0.39, 0.29) is 0 Å². The molecular weight excluding hydrogens is 302 g/mol. The van der Waals surface area contributed by atoms with Gasteiger partial charge in [0.15, 0.2) is 5.96 Å². The van der Waals surface area contributed by atoms with Crippen LogP contribution in [0.4, 0.5) is 0 Å². The lowest BCUT2D eigenvalue weighted by Gasteiger charge is -2.16. The van der Waals surface area contributed by atoms with Crippen molar-refractivity contribution in [1.29, 1.82) is 0 Å². The molecule has 1 aromatic rings. The summed E-state index contributed by atoms with van der Waals surface area (Å²) >= 11 is 0. The van der Waals surface area contributed by atoms with Gasteiger partial charge in [0.1, 0.15) is 0 Å². The summed E-state index contributed by atoms with van der Waals surface area (Å²) in [5.74, 6) is 1.24. The summed E-state index contributed by atoms with van der Waals surface area (Å²) in [5, 5.41) is 6.63. The Morgan fingerprint density at radius 3 is 2.54 bits per heavy atom. The third-order valence-electron chi connectivity index (χ3n) is 3.42. The Bertz CT molecular complexity index is 449. The van der Waals surface area contributed by atoms with Gasteiger partial charge in [0, 0.05) is 26.7 Å². The van der Waals surface area contributed by atoms with Gasteiger partial charge in [-0.25, -0.2) is 0 Å². The first-order valence-electron chi connectivity index (χ1n) is 8.79. The molecule has 0 fully saturated rings. The molecule has 2 N–H and O–H groups in total. The Hall–Kier alpha value is -1.59. The summed E-state index contributed by atoms with van der Waals surface area (Å²) in [6.07, 6.45) is 1.26. The molecule has 0 aromatic heterocycles. The van der Waals surface area contributed by atoms with Gasteiger partial charge in [-0.15, -0.1) is 0 Å². The van der Waals surface area contributed by atoms with Crippen molar-refractivity contribution in [3.63, 3.8) is 0 Å². The van der Waals surface area contributed by atoms with Crippen molar-refractivity contribution in [2.24, 2.45) is 10.9 Å². The van der Waals surface area contributed by atoms with Crippen LogP contribution in [0.3, 0.4) is 0 Å². The minimum absolute atomic E-state index is 0.291. The van der Waals surface area contributed by atoms with E-state index in [9.17, 15) is 0 Å². The fourth-order valence-corrected chi connectivity index (χ4v) is 2.10. The molecule has 1 unspecified atom stereocenters. The van der Waals surface area contributed by atoms with Gasteiger partial charge in [-0.2, -0.15) is 0 Å². The molecule has 0 aliphatic heterocycles. The first kappa shape index (κ1) is 20.5. The minimum atomic E-state index is 0.291. The third-order valence-corrected chi connectivity index (χ3v) is 3.42. The Balaban J connectivity index is 2.09. The number of ether oxygens (including phenoxy) is 2. The summed E-state index contributed by atoms with van der Waals surface area (Å²) in [6, 6.07) is 10.2. The minimum Gasteiger partial charge on any atom is -0.379 e. The highest BCUT2D eigenvalue weighted by Crippen LogP contribution is 2.02. The maximum atomic E-state index is 5.77. The van der Waals surface area contributed by atoms with Crippen LogP contribution in [0, 0.1) is 5.92 Å². The summed E-state index contributed by atoms with van der Waals surface area (Å²) in [5.41, 5.74) is 1.21. The van der Waals surface area contributed by atoms with Crippen molar-refractivity contribution in [3.05, 3.63) is 35.9 Å². The molecule has 1 aromatic carbocycles. The van der Waals surface area contributed by atoms with Crippen molar-refractivity contribution >= 4 is 5.96 Å². The predicted molar refractivity (Wildman–Crippen MR) is 100 cm³/mol. The molecule has 136 valence electrons. The van der Waals surface area contributed by atoms with Crippen molar-refractivity contribution in [2.75, 3.05) is 33.4 Å². The van der Waals surface area contributed by atoms with Crippen molar-refractivity contribution < 1.29 is 9.47 Å². The first-order chi connectivity index (χ1) is 11.6.